The highest BCUT2D eigenvalue weighted by Crippen LogP contribution is 2.45. The molecule has 0 unspecified atom stereocenters. The molecule has 0 saturated heterocycles. The van der Waals surface area contributed by atoms with E-state index in [9.17, 15) is 5.11 Å². The van der Waals surface area contributed by atoms with Crippen LogP contribution in [0, 0.1) is 12.3 Å². The van der Waals surface area contributed by atoms with Gasteiger partial charge in [0.05, 0.1) is 20.8 Å². The van der Waals surface area contributed by atoms with E-state index in [1.54, 1.807) is 14.2 Å². The predicted molar refractivity (Wildman–Crippen MR) is 87.9 cm³/mol. The fourth-order valence-corrected chi connectivity index (χ4v) is 2.62. The Bertz CT molecular complexity index is 528. The third-order valence-electron chi connectivity index (χ3n) is 3.59. The smallest absolute Gasteiger partial charge is 0.168 e. The summed E-state index contributed by atoms with van der Waals surface area (Å²) in [7, 11) is 3.26. The van der Waals surface area contributed by atoms with E-state index in [1.807, 2.05) is 25.1 Å². The second-order valence-corrected chi connectivity index (χ2v) is 5.73. The molecule has 1 rings (SSSR count). The van der Waals surface area contributed by atoms with Gasteiger partial charge in [-0.2, -0.15) is 0 Å². The van der Waals surface area contributed by atoms with Gasteiger partial charge in [-0.15, -0.1) is 6.58 Å². The Hall–Kier alpha value is -1.74. The quantitative estimate of drug-likeness (QED) is 0.772. The van der Waals surface area contributed by atoms with Crippen LogP contribution in [0.5, 0.6) is 11.5 Å². The molecule has 0 atom stereocenters. The first-order chi connectivity index (χ1) is 9.91. The number of hydrogen-bond acceptors (Lipinski definition) is 3. The van der Waals surface area contributed by atoms with Gasteiger partial charge in [0.25, 0.3) is 0 Å². The molecule has 0 aliphatic heterocycles. The number of methoxy groups -OCH3 is 2. The lowest BCUT2D eigenvalue weighted by Gasteiger charge is -2.29. The van der Waals surface area contributed by atoms with Crippen molar-refractivity contribution in [3.05, 3.63) is 42.0 Å². The van der Waals surface area contributed by atoms with Crippen molar-refractivity contribution in [1.82, 2.24) is 0 Å². The van der Waals surface area contributed by atoms with Crippen molar-refractivity contribution < 1.29 is 14.6 Å². The fourth-order valence-electron chi connectivity index (χ4n) is 2.62. The zero-order valence-corrected chi connectivity index (χ0v) is 13.7. The Morgan fingerprint density at radius 3 is 2.43 bits per heavy atom. The minimum absolute atomic E-state index is 0.0185. The van der Waals surface area contributed by atoms with E-state index < -0.39 is 0 Å². The molecule has 0 amide bonds. The van der Waals surface area contributed by atoms with E-state index in [2.05, 4.69) is 26.5 Å². The Morgan fingerprint density at radius 1 is 1.29 bits per heavy atom. The molecule has 3 heteroatoms. The molecule has 0 saturated carbocycles. The molecule has 0 aliphatic rings. The van der Waals surface area contributed by atoms with Crippen molar-refractivity contribution in [2.24, 2.45) is 5.41 Å². The van der Waals surface area contributed by atoms with Crippen molar-refractivity contribution in [3.8, 4) is 11.5 Å². The summed E-state index contributed by atoms with van der Waals surface area (Å²) in [6.07, 6.45) is 4.53. The molecule has 1 N–H and O–H groups in total. The third-order valence-corrected chi connectivity index (χ3v) is 3.59. The summed E-state index contributed by atoms with van der Waals surface area (Å²) in [6, 6.07) is 4.01. The lowest BCUT2D eigenvalue weighted by atomic mass is 9.77. The van der Waals surface area contributed by atoms with Gasteiger partial charge in [-0.3, -0.25) is 0 Å². The molecule has 1 aromatic rings. The largest absolute Gasteiger partial charge is 0.493 e. The number of hydrogen-bond donors (Lipinski definition) is 1. The Kier molecular flexibility index (Phi) is 6.03. The zero-order valence-electron chi connectivity index (χ0n) is 13.7. The first-order valence-corrected chi connectivity index (χ1v) is 7.06. The van der Waals surface area contributed by atoms with Crippen molar-refractivity contribution in [1.29, 1.82) is 0 Å². The molecule has 0 heterocycles. The van der Waals surface area contributed by atoms with Crippen molar-refractivity contribution in [2.45, 2.75) is 27.2 Å². The molecule has 116 valence electrons. The van der Waals surface area contributed by atoms with Gasteiger partial charge in [0.2, 0.25) is 0 Å². The maximum atomic E-state index is 9.41. The van der Waals surface area contributed by atoms with Crippen LogP contribution in [0.4, 0.5) is 0 Å². The van der Waals surface area contributed by atoms with Crippen molar-refractivity contribution in [3.63, 3.8) is 0 Å². The van der Waals surface area contributed by atoms with Gasteiger partial charge in [0.15, 0.2) is 11.5 Å². The topological polar surface area (TPSA) is 38.7 Å². The van der Waals surface area contributed by atoms with Gasteiger partial charge < -0.3 is 14.6 Å². The summed E-state index contributed by atoms with van der Waals surface area (Å²) >= 11 is 0. The number of aliphatic hydroxyl groups is 1. The summed E-state index contributed by atoms with van der Waals surface area (Å²) in [5.74, 6) is 1.39. The molecule has 0 aromatic heterocycles. The Morgan fingerprint density at radius 2 is 1.95 bits per heavy atom. The van der Waals surface area contributed by atoms with Gasteiger partial charge >= 0.3 is 0 Å². The van der Waals surface area contributed by atoms with Crippen molar-refractivity contribution in [2.75, 3.05) is 20.8 Å². The molecule has 0 radical (unpaired) electrons. The molecule has 0 aliphatic carbocycles. The second kappa shape index (κ2) is 7.32. The van der Waals surface area contributed by atoms with Crippen LogP contribution in [-0.2, 0) is 0 Å². The highest BCUT2D eigenvalue weighted by atomic mass is 16.5. The summed E-state index contributed by atoms with van der Waals surface area (Å²) < 4.78 is 11.0. The summed E-state index contributed by atoms with van der Waals surface area (Å²) in [6.45, 7) is 10.1. The summed E-state index contributed by atoms with van der Waals surface area (Å²) in [5, 5.41) is 9.41. The Labute approximate surface area is 127 Å². The van der Waals surface area contributed by atoms with E-state index >= 15 is 0 Å². The van der Waals surface area contributed by atoms with E-state index in [4.69, 9.17) is 9.47 Å². The number of aryl methyl sites for hydroxylation is 1. The monoisotopic (exact) mass is 290 g/mol. The van der Waals surface area contributed by atoms with Crippen LogP contribution in [0.2, 0.25) is 0 Å². The molecule has 0 fully saturated rings. The van der Waals surface area contributed by atoms with E-state index in [0.29, 0.717) is 11.5 Å². The van der Waals surface area contributed by atoms with E-state index in [-0.39, 0.29) is 12.0 Å². The molecule has 21 heavy (non-hydrogen) atoms. The minimum Gasteiger partial charge on any atom is -0.493 e. The molecule has 0 bridgehead atoms. The van der Waals surface area contributed by atoms with E-state index in [0.717, 1.165) is 23.1 Å². The SMILES string of the molecule is C=CCC(C)(C)/C(=C\CO)c1cc(C)cc(OC)c1OC. The molecular weight excluding hydrogens is 264 g/mol. The first kappa shape index (κ1) is 17.3. The second-order valence-electron chi connectivity index (χ2n) is 5.73. The fraction of sp³-hybridized carbons (Fsp3) is 0.444. The molecular formula is C18H26O3. The normalized spacial score (nSPS) is 12.2. The molecule has 1 aromatic carbocycles. The molecule has 0 spiro atoms. The standard InChI is InChI=1S/C18H26O3/c1-7-9-18(3,4)15(8-10-19)14-11-13(2)12-16(20-5)17(14)21-6/h7-8,11-12,19H,1,9-10H2,2-6H3/b15-8-. The lowest BCUT2D eigenvalue weighted by Crippen LogP contribution is -2.14. The van der Waals surface area contributed by atoms with Crippen LogP contribution >= 0.6 is 0 Å². The van der Waals surface area contributed by atoms with Crippen molar-refractivity contribution >= 4 is 5.57 Å². The Balaban J connectivity index is 3.56. The van der Waals surface area contributed by atoms with E-state index in [1.165, 1.54) is 0 Å². The van der Waals surface area contributed by atoms with Crippen LogP contribution in [0.15, 0.2) is 30.9 Å². The minimum atomic E-state index is -0.156. The van der Waals surface area contributed by atoms with Gasteiger partial charge in [-0.05, 0) is 42.0 Å². The van der Waals surface area contributed by atoms with Crippen LogP contribution in [0.1, 0.15) is 31.4 Å². The molecule has 3 nitrogen and oxygen atoms in total. The highest BCUT2D eigenvalue weighted by molar-refractivity contribution is 5.77. The zero-order chi connectivity index (χ0) is 16.0. The van der Waals surface area contributed by atoms with Gasteiger partial charge in [-0.1, -0.05) is 26.0 Å². The average molecular weight is 290 g/mol. The van der Waals surface area contributed by atoms with Crippen LogP contribution < -0.4 is 9.47 Å². The third kappa shape index (κ3) is 3.88. The number of benzene rings is 1. The first-order valence-electron chi connectivity index (χ1n) is 7.06. The number of aliphatic hydroxyl groups excluding tert-OH is 1. The lowest BCUT2D eigenvalue weighted by molar-refractivity contribution is 0.340. The number of ether oxygens (including phenoxy) is 2. The van der Waals surface area contributed by atoms with Crippen LogP contribution in [0.25, 0.3) is 5.57 Å². The summed E-state index contributed by atoms with van der Waals surface area (Å²) in [5.41, 5.74) is 2.91. The number of allylic oxidation sites excluding steroid dienone is 2. The maximum absolute atomic E-state index is 9.41. The predicted octanol–water partition coefficient (Wildman–Crippen LogP) is 3.99. The highest BCUT2D eigenvalue weighted by Gasteiger charge is 2.27. The van der Waals surface area contributed by atoms with Crippen LogP contribution in [0.3, 0.4) is 0 Å². The van der Waals surface area contributed by atoms with Crippen LogP contribution in [-0.4, -0.2) is 25.9 Å². The summed E-state index contributed by atoms with van der Waals surface area (Å²) in [4.78, 5) is 0. The van der Waals surface area contributed by atoms with Gasteiger partial charge in [0.1, 0.15) is 0 Å². The van der Waals surface area contributed by atoms with Gasteiger partial charge in [-0.25, -0.2) is 0 Å². The van der Waals surface area contributed by atoms with Gasteiger partial charge in [0, 0.05) is 5.56 Å². The average Bonchev–Trinajstić information content (AvgIpc) is 2.43. The number of rotatable bonds is 7. The maximum Gasteiger partial charge on any atom is 0.168 e.